The van der Waals surface area contributed by atoms with Crippen LogP contribution in [0.25, 0.3) is 22.0 Å². The van der Waals surface area contributed by atoms with Gasteiger partial charge in [0, 0.05) is 42.0 Å². The van der Waals surface area contributed by atoms with Crippen LogP contribution in [0.4, 0.5) is 5.95 Å². The molecule has 0 radical (unpaired) electrons. The smallest absolute Gasteiger partial charge is 0.339 e. The van der Waals surface area contributed by atoms with Crippen molar-refractivity contribution in [2.75, 3.05) is 25.0 Å². The van der Waals surface area contributed by atoms with Crippen LogP contribution >= 0.6 is 11.3 Å². The van der Waals surface area contributed by atoms with Crippen molar-refractivity contribution in [1.82, 2.24) is 19.4 Å². The topological polar surface area (TPSA) is 76.2 Å². The maximum Gasteiger partial charge on any atom is 0.339 e. The first-order valence-electron chi connectivity index (χ1n) is 12.1. The summed E-state index contributed by atoms with van der Waals surface area (Å²) in [5, 5.41) is 6.78. The molecule has 1 aliphatic heterocycles. The number of nitrogens with zero attached hydrogens (tertiary/aromatic N) is 4. The molecule has 3 aromatic heterocycles. The van der Waals surface area contributed by atoms with Crippen LogP contribution in [0.15, 0.2) is 74.7 Å². The highest BCUT2D eigenvalue weighted by Crippen LogP contribution is 2.24. The van der Waals surface area contributed by atoms with Gasteiger partial charge in [-0.1, -0.05) is 30.3 Å². The predicted octanol–water partition coefficient (Wildman–Crippen LogP) is 4.77. The van der Waals surface area contributed by atoms with E-state index >= 15 is 0 Å². The summed E-state index contributed by atoms with van der Waals surface area (Å²) in [5.41, 5.74) is 6.22. The second kappa shape index (κ2) is 9.64. The van der Waals surface area contributed by atoms with Gasteiger partial charge in [-0.15, -0.1) is 11.3 Å². The minimum atomic E-state index is -0.223. The summed E-state index contributed by atoms with van der Waals surface area (Å²) in [6.45, 7) is 3.55. The number of likely N-dealkylation sites (tertiary alicyclic amines) is 1. The molecule has 0 unspecified atom stereocenters. The lowest BCUT2D eigenvalue weighted by atomic mass is 10.0. The highest BCUT2D eigenvalue weighted by atomic mass is 32.1. The van der Waals surface area contributed by atoms with E-state index in [1.54, 1.807) is 11.3 Å². The van der Waals surface area contributed by atoms with E-state index in [1.165, 1.54) is 0 Å². The molecule has 0 amide bonds. The van der Waals surface area contributed by atoms with Crippen molar-refractivity contribution in [2.45, 2.75) is 31.8 Å². The second-order valence-corrected chi connectivity index (χ2v) is 9.82. The standard InChI is InChI=1S/C27H27N5O2S/c33-26-20(15-19-5-1-4-8-25(19)34-26)9-12-31-13-10-21(11-14-31)29-27-30-23-6-2-3-7-24(23)32(27)16-22-17-35-18-28-22/h1-8,15,17-18,21H,9-14,16H2,(H,29,30). The summed E-state index contributed by atoms with van der Waals surface area (Å²) in [6.07, 6.45) is 2.77. The van der Waals surface area contributed by atoms with Gasteiger partial charge in [-0.05, 0) is 43.5 Å². The van der Waals surface area contributed by atoms with Crippen LogP contribution in [0.2, 0.25) is 0 Å². The van der Waals surface area contributed by atoms with Crippen molar-refractivity contribution in [3.63, 3.8) is 0 Å². The van der Waals surface area contributed by atoms with Gasteiger partial charge in [-0.25, -0.2) is 14.8 Å². The van der Waals surface area contributed by atoms with E-state index in [0.29, 0.717) is 24.6 Å². The SMILES string of the molecule is O=c1oc2ccccc2cc1CCN1CCC(Nc2nc3ccccc3n2Cc2cscn2)CC1. The Kier molecular flexibility index (Phi) is 6.06. The van der Waals surface area contributed by atoms with Crippen LogP contribution in [-0.2, 0) is 13.0 Å². The molecule has 0 aliphatic carbocycles. The van der Waals surface area contributed by atoms with Gasteiger partial charge in [0.2, 0.25) is 5.95 Å². The van der Waals surface area contributed by atoms with Crippen LogP contribution < -0.4 is 10.9 Å². The van der Waals surface area contributed by atoms with Crippen LogP contribution in [0.1, 0.15) is 24.1 Å². The van der Waals surface area contributed by atoms with Crippen molar-refractivity contribution in [3.05, 3.63) is 87.2 Å². The number of thiazole rings is 1. The van der Waals surface area contributed by atoms with E-state index in [9.17, 15) is 4.79 Å². The Balaban J connectivity index is 1.10. The third kappa shape index (κ3) is 4.72. The van der Waals surface area contributed by atoms with E-state index in [0.717, 1.165) is 66.1 Å². The Morgan fingerprint density at radius 1 is 1.09 bits per heavy atom. The normalized spacial score (nSPS) is 15.2. The average molecular weight is 486 g/mol. The first kappa shape index (κ1) is 22.0. The molecule has 8 heteroatoms. The molecule has 1 saturated heterocycles. The molecule has 35 heavy (non-hydrogen) atoms. The van der Waals surface area contributed by atoms with Gasteiger partial charge < -0.3 is 19.2 Å². The first-order chi connectivity index (χ1) is 17.2. The lowest BCUT2D eigenvalue weighted by Crippen LogP contribution is -2.40. The molecule has 5 aromatic rings. The summed E-state index contributed by atoms with van der Waals surface area (Å²) in [5.74, 6) is 0.909. The van der Waals surface area contributed by atoms with Gasteiger partial charge in [0.1, 0.15) is 5.58 Å². The van der Waals surface area contributed by atoms with Crippen molar-refractivity contribution in [1.29, 1.82) is 0 Å². The van der Waals surface area contributed by atoms with Crippen molar-refractivity contribution in [2.24, 2.45) is 0 Å². The summed E-state index contributed by atoms with van der Waals surface area (Å²) < 4.78 is 7.72. The van der Waals surface area contributed by atoms with E-state index in [-0.39, 0.29) is 5.63 Å². The third-order valence-corrected chi connectivity index (χ3v) is 7.43. The lowest BCUT2D eigenvalue weighted by Gasteiger charge is -2.32. The number of aromatic nitrogens is 3. The second-order valence-electron chi connectivity index (χ2n) is 9.10. The maximum absolute atomic E-state index is 12.4. The van der Waals surface area contributed by atoms with E-state index in [2.05, 4.69) is 43.3 Å². The van der Waals surface area contributed by atoms with Gasteiger partial charge >= 0.3 is 5.63 Å². The van der Waals surface area contributed by atoms with Crippen LogP contribution in [-0.4, -0.2) is 45.1 Å². The highest BCUT2D eigenvalue weighted by molar-refractivity contribution is 7.07. The molecule has 178 valence electrons. The molecule has 0 atom stereocenters. The number of hydrogen-bond acceptors (Lipinski definition) is 7. The summed E-state index contributed by atoms with van der Waals surface area (Å²) in [4.78, 5) is 24.2. The van der Waals surface area contributed by atoms with E-state index in [4.69, 9.17) is 9.40 Å². The number of anilines is 1. The zero-order valence-corrected chi connectivity index (χ0v) is 20.2. The van der Waals surface area contributed by atoms with Gasteiger partial charge in [0.25, 0.3) is 0 Å². The van der Waals surface area contributed by atoms with Crippen molar-refractivity contribution < 1.29 is 4.42 Å². The van der Waals surface area contributed by atoms with Gasteiger partial charge in [0.05, 0.1) is 28.8 Å². The first-order valence-corrected chi connectivity index (χ1v) is 13.0. The average Bonchev–Trinajstić information content (AvgIpc) is 3.52. The lowest BCUT2D eigenvalue weighted by molar-refractivity contribution is 0.220. The number of hydrogen-bond donors (Lipinski definition) is 1. The fraction of sp³-hybridized carbons (Fsp3) is 0.296. The highest BCUT2D eigenvalue weighted by Gasteiger charge is 2.22. The van der Waals surface area contributed by atoms with Crippen molar-refractivity contribution in [3.8, 4) is 0 Å². The minimum Gasteiger partial charge on any atom is -0.423 e. The number of fused-ring (bicyclic) bond motifs is 2. The monoisotopic (exact) mass is 485 g/mol. The van der Waals surface area contributed by atoms with Crippen molar-refractivity contribution >= 4 is 39.3 Å². The molecule has 7 nitrogen and oxygen atoms in total. The number of para-hydroxylation sites is 3. The Bertz CT molecular complexity index is 1500. The fourth-order valence-corrected chi connectivity index (χ4v) is 5.41. The molecule has 0 spiro atoms. The zero-order chi connectivity index (χ0) is 23.6. The van der Waals surface area contributed by atoms with E-state index in [1.807, 2.05) is 41.9 Å². The summed E-state index contributed by atoms with van der Waals surface area (Å²) >= 11 is 1.62. The molecule has 6 rings (SSSR count). The number of benzene rings is 2. The molecular weight excluding hydrogens is 458 g/mol. The predicted molar refractivity (Wildman–Crippen MR) is 140 cm³/mol. The largest absolute Gasteiger partial charge is 0.423 e. The molecule has 0 bridgehead atoms. The molecule has 0 saturated carbocycles. The quantitative estimate of drug-likeness (QED) is 0.335. The maximum atomic E-state index is 12.4. The molecule has 1 N–H and O–H groups in total. The number of piperidine rings is 1. The zero-order valence-electron chi connectivity index (χ0n) is 19.4. The summed E-state index contributed by atoms with van der Waals surface area (Å²) in [6, 6.07) is 18.3. The summed E-state index contributed by atoms with van der Waals surface area (Å²) in [7, 11) is 0. The molecule has 2 aromatic carbocycles. The number of imidazole rings is 1. The van der Waals surface area contributed by atoms with Gasteiger partial charge in [0.15, 0.2) is 0 Å². The number of nitrogens with one attached hydrogen (secondary N) is 1. The fourth-order valence-electron chi connectivity index (χ4n) is 4.86. The Morgan fingerprint density at radius 2 is 1.91 bits per heavy atom. The minimum absolute atomic E-state index is 0.223. The van der Waals surface area contributed by atoms with E-state index < -0.39 is 0 Å². The third-order valence-electron chi connectivity index (χ3n) is 6.79. The van der Waals surface area contributed by atoms with Gasteiger partial charge in [-0.3, -0.25) is 0 Å². The Labute approximate surface area is 207 Å². The molecule has 4 heterocycles. The molecular formula is C27H27N5O2S. The van der Waals surface area contributed by atoms with Gasteiger partial charge in [-0.2, -0.15) is 0 Å². The number of rotatable bonds is 7. The molecule has 1 aliphatic rings. The van der Waals surface area contributed by atoms with Crippen LogP contribution in [0.3, 0.4) is 0 Å². The molecule has 1 fully saturated rings. The van der Waals surface area contributed by atoms with Crippen LogP contribution in [0.5, 0.6) is 0 Å². The Morgan fingerprint density at radius 3 is 2.77 bits per heavy atom. The Hall–Kier alpha value is -3.49. The van der Waals surface area contributed by atoms with Crippen LogP contribution in [0, 0.1) is 0 Å².